The van der Waals surface area contributed by atoms with Crippen molar-refractivity contribution < 1.29 is 21.6 Å². The summed E-state index contributed by atoms with van der Waals surface area (Å²) in [5.41, 5.74) is -5.11. The van der Waals surface area contributed by atoms with Crippen molar-refractivity contribution >= 4 is 9.84 Å². The summed E-state index contributed by atoms with van der Waals surface area (Å²) in [5, 5.41) is -1.40. The van der Waals surface area contributed by atoms with Gasteiger partial charge in [0.2, 0.25) is 9.84 Å². The molecular weight excluding hydrogens is 181 g/mol. The Bertz CT molecular complexity index is 202. The van der Waals surface area contributed by atoms with Gasteiger partial charge in [0.1, 0.15) is 0 Å². The van der Waals surface area contributed by atoms with Gasteiger partial charge in [0.15, 0.2) is 0 Å². The van der Waals surface area contributed by atoms with E-state index in [1.165, 1.54) is 0 Å². The smallest absolute Gasteiger partial charge is 0.219 e. The van der Waals surface area contributed by atoms with Crippen LogP contribution < -0.4 is 0 Å². The number of hydrogen-bond donors (Lipinski definition) is 0. The van der Waals surface area contributed by atoms with E-state index in [0.717, 1.165) is 13.8 Å². The molecule has 0 fully saturated rings. The molecule has 0 rings (SSSR count). The van der Waals surface area contributed by atoms with E-state index in [4.69, 9.17) is 0 Å². The maximum atomic E-state index is 11.5. The van der Waals surface area contributed by atoms with E-state index in [1.807, 2.05) is 0 Å². The minimum absolute atomic E-state index is 0. The zero-order chi connectivity index (χ0) is 8.58. The molecule has 0 aliphatic heterocycles. The standard InChI is InChI=1S/C4H7F3O2S.CH4/c1-3(2)10(8,9)4(5,6)7;/h3H,1-2H3;1H4. The molecule has 0 unspecified atom stereocenters. The van der Waals surface area contributed by atoms with E-state index in [1.54, 1.807) is 0 Å². The molecule has 0 amide bonds. The first kappa shape index (κ1) is 13.3. The second-order valence-electron chi connectivity index (χ2n) is 2.04. The highest BCUT2D eigenvalue weighted by Crippen LogP contribution is 2.26. The zero-order valence-electron chi connectivity index (χ0n) is 5.44. The van der Waals surface area contributed by atoms with Crippen LogP contribution in [0.1, 0.15) is 21.3 Å². The second kappa shape index (κ2) is 3.42. The Kier molecular flexibility index (Phi) is 4.15. The predicted molar refractivity (Wildman–Crippen MR) is 36.8 cm³/mol. The molecule has 0 aliphatic carbocycles. The van der Waals surface area contributed by atoms with Gasteiger partial charge < -0.3 is 0 Å². The van der Waals surface area contributed by atoms with Crippen LogP contribution in [0, 0.1) is 0 Å². The van der Waals surface area contributed by atoms with Gasteiger partial charge in [-0.25, -0.2) is 8.42 Å². The largest absolute Gasteiger partial charge is 0.497 e. The lowest BCUT2D eigenvalue weighted by Gasteiger charge is -2.09. The number of hydrogen-bond acceptors (Lipinski definition) is 2. The minimum Gasteiger partial charge on any atom is -0.219 e. The van der Waals surface area contributed by atoms with Crippen molar-refractivity contribution in [2.45, 2.75) is 32.0 Å². The third-order valence-electron chi connectivity index (χ3n) is 0.943. The van der Waals surface area contributed by atoms with Crippen LogP contribution in [0.2, 0.25) is 0 Å². The normalized spacial score (nSPS) is 12.9. The van der Waals surface area contributed by atoms with Gasteiger partial charge in [-0.15, -0.1) is 0 Å². The van der Waals surface area contributed by atoms with Crippen LogP contribution in [0.15, 0.2) is 0 Å². The van der Waals surface area contributed by atoms with Gasteiger partial charge in [-0.1, -0.05) is 7.43 Å². The molecular formula is C5H11F3O2S. The van der Waals surface area contributed by atoms with Gasteiger partial charge in [-0.2, -0.15) is 13.2 Å². The Hall–Kier alpha value is -0.260. The topological polar surface area (TPSA) is 34.1 Å². The average Bonchev–Trinajstić information content (AvgIpc) is 1.62. The first-order valence-corrected chi connectivity index (χ1v) is 4.04. The van der Waals surface area contributed by atoms with Gasteiger partial charge in [-0.05, 0) is 13.8 Å². The van der Waals surface area contributed by atoms with Crippen LogP contribution in [0.4, 0.5) is 13.2 Å². The molecule has 0 aliphatic rings. The quantitative estimate of drug-likeness (QED) is 0.636. The Morgan fingerprint density at radius 1 is 1.18 bits per heavy atom. The molecule has 0 saturated heterocycles. The summed E-state index contributed by atoms with van der Waals surface area (Å²) < 4.78 is 54.9. The Morgan fingerprint density at radius 2 is 1.45 bits per heavy atom. The molecule has 11 heavy (non-hydrogen) atoms. The number of sulfone groups is 1. The summed E-state index contributed by atoms with van der Waals surface area (Å²) in [6, 6.07) is 0. The molecule has 0 spiro atoms. The van der Waals surface area contributed by atoms with Crippen molar-refractivity contribution in [1.82, 2.24) is 0 Å². The zero-order valence-corrected chi connectivity index (χ0v) is 6.25. The predicted octanol–water partition coefficient (Wildman–Crippen LogP) is 1.97. The molecule has 0 bridgehead atoms. The second-order valence-corrected chi connectivity index (χ2v) is 4.54. The summed E-state index contributed by atoms with van der Waals surface area (Å²) in [7, 11) is -4.91. The first-order chi connectivity index (χ1) is 4.19. The summed E-state index contributed by atoms with van der Waals surface area (Å²) in [6.45, 7) is 1.98. The number of rotatable bonds is 1. The lowest BCUT2D eigenvalue weighted by atomic mass is 10.6. The van der Waals surface area contributed by atoms with Crippen LogP contribution in [0.25, 0.3) is 0 Å². The fraction of sp³-hybridized carbons (Fsp3) is 1.00. The van der Waals surface area contributed by atoms with Gasteiger partial charge in [-0.3, -0.25) is 0 Å². The van der Waals surface area contributed by atoms with Crippen molar-refractivity contribution in [1.29, 1.82) is 0 Å². The highest BCUT2D eigenvalue weighted by molar-refractivity contribution is 7.92. The summed E-state index contributed by atoms with van der Waals surface area (Å²) in [5.74, 6) is 0. The van der Waals surface area contributed by atoms with E-state index < -0.39 is 20.6 Å². The van der Waals surface area contributed by atoms with Crippen LogP contribution in [-0.4, -0.2) is 19.2 Å². The molecule has 0 aromatic heterocycles. The van der Waals surface area contributed by atoms with Crippen molar-refractivity contribution in [3.05, 3.63) is 0 Å². The third kappa shape index (κ3) is 2.69. The highest BCUT2D eigenvalue weighted by atomic mass is 32.2. The SMILES string of the molecule is C.CC(C)S(=O)(=O)C(F)(F)F. The van der Waals surface area contributed by atoms with E-state index >= 15 is 0 Å². The van der Waals surface area contributed by atoms with Crippen LogP contribution in [-0.2, 0) is 9.84 Å². The summed E-state index contributed by atoms with van der Waals surface area (Å²) in [4.78, 5) is 0. The van der Waals surface area contributed by atoms with Gasteiger partial charge in [0.25, 0.3) is 0 Å². The Labute approximate surface area is 64.3 Å². The van der Waals surface area contributed by atoms with Crippen molar-refractivity contribution in [2.75, 3.05) is 0 Å². The van der Waals surface area contributed by atoms with Crippen molar-refractivity contribution in [3.63, 3.8) is 0 Å². The van der Waals surface area contributed by atoms with E-state index in [-0.39, 0.29) is 7.43 Å². The van der Waals surface area contributed by atoms with E-state index in [2.05, 4.69) is 0 Å². The number of halogens is 3. The lowest BCUT2D eigenvalue weighted by molar-refractivity contribution is -0.0441. The molecule has 0 N–H and O–H groups in total. The molecule has 6 heteroatoms. The maximum Gasteiger partial charge on any atom is 0.497 e. The fourth-order valence-electron chi connectivity index (χ4n) is 0.267. The lowest BCUT2D eigenvalue weighted by Crippen LogP contribution is -2.30. The molecule has 0 heterocycles. The molecule has 0 aromatic carbocycles. The number of alkyl halides is 3. The molecule has 0 atom stereocenters. The van der Waals surface area contributed by atoms with E-state index in [9.17, 15) is 21.6 Å². The maximum absolute atomic E-state index is 11.5. The fourth-order valence-corrected chi connectivity index (χ4v) is 0.802. The minimum atomic E-state index is -5.11. The third-order valence-corrected chi connectivity index (χ3v) is 2.83. The van der Waals surface area contributed by atoms with Crippen LogP contribution >= 0.6 is 0 Å². The van der Waals surface area contributed by atoms with Gasteiger partial charge in [0.05, 0.1) is 5.25 Å². The summed E-state index contributed by atoms with van der Waals surface area (Å²) >= 11 is 0. The monoisotopic (exact) mass is 192 g/mol. The van der Waals surface area contributed by atoms with Crippen LogP contribution in [0.5, 0.6) is 0 Å². The Morgan fingerprint density at radius 3 is 1.45 bits per heavy atom. The van der Waals surface area contributed by atoms with E-state index in [0.29, 0.717) is 0 Å². The molecule has 0 radical (unpaired) electrons. The van der Waals surface area contributed by atoms with Crippen molar-refractivity contribution in [2.24, 2.45) is 0 Å². The average molecular weight is 192 g/mol. The molecule has 0 aromatic rings. The Balaban J connectivity index is 0. The summed E-state index contributed by atoms with van der Waals surface area (Å²) in [6.07, 6.45) is 0. The molecule has 2 nitrogen and oxygen atoms in total. The molecule has 0 saturated carbocycles. The van der Waals surface area contributed by atoms with Crippen LogP contribution in [0.3, 0.4) is 0 Å². The highest BCUT2D eigenvalue weighted by Gasteiger charge is 2.47. The molecule has 70 valence electrons. The first-order valence-electron chi connectivity index (χ1n) is 2.49. The van der Waals surface area contributed by atoms with Crippen molar-refractivity contribution in [3.8, 4) is 0 Å². The van der Waals surface area contributed by atoms with Gasteiger partial charge in [0, 0.05) is 0 Å². The van der Waals surface area contributed by atoms with Gasteiger partial charge >= 0.3 is 5.51 Å².